The summed E-state index contributed by atoms with van der Waals surface area (Å²) in [6.07, 6.45) is 0. The third kappa shape index (κ3) is 4.59. The molecule has 0 aliphatic heterocycles. The molecule has 0 aliphatic carbocycles. The Hall–Kier alpha value is -2.67. The Morgan fingerprint density at radius 2 is 1.93 bits per heavy atom. The van der Waals surface area contributed by atoms with Gasteiger partial charge in [-0.1, -0.05) is 35.3 Å². The van der Waals surface area contributed by atoms with Crippen LogP contribution in [0.4, 0.5) is 4.39 Å². The number of aliphatic hydroxyl groups excluding tert-OH is 1. The molecule has 0 aliphatic rings. The third-order valence-corrected chi connectivity index (χ3v) is 4.28. The smallest absolute Gasteiger partial charge is 0.254 e. The Labute approximate surface area is 170 Å². The number of carbonyl (C=O) groups is 1. The van der Waals surface area contributed by atoms with E-state index in [9.17, 15) is 9.18 Å². The van der Waals surface area contributed by atoms with Crippen molar-refractivity contribution < 1.29 is 19.0 Å². The van der Waals surface area contributed by atoms with E-state index >= 15 is 0 Å². The molecule has 28 heavy (non-hydrogen) atoms. The highest BCUT2D eigenvalue weighted by Gasteiger charge is 2.17. The number of aromatic nitrogens is 1. The first-order valence-electron chi connectivity index (χ1n) is 8.27. The summed E-state index contributed by atoms with van der Waals surface area (Å²) in [6, 6.07) is 14.0. The summed E-state index contributed by atoms with van der Waals surface area (Å²) >= 11 is 12.0. The van der Waals surface area contributed by atoms with Gasteiger partial charge in [0.2, 0.25) is 5.88 Å². The van der Waals surface area contributed by atoms with Crippen molar-refractivity contribution in [3.63, 3.8) is 0 Å². The number of nitrogens with one attached hydrogen (secondary N) is 1. The molecule has 0 saturated carbocycles. The van der Waals surface area contributed by atoms with Gasteiger partial charge in [-0.3, -0.25) is 4.79 Å². The van der Waals surface area contributed by atoms with E-state index in [1.807, 2.05) is 0 Å². The highest BCUT2D eigenvalue weighted by atomic mass is 35.5. The summed E-state index contributed by atoms with van der Waals surface area (Å²) in [5, 5.41) is 12.0. The van der Waals surface area contributed by atoms with Crippen LogP contribution in [0, 0.1) is 5.82 Å². The number of carbonyl (C=O) groups excluding carboxylic acids is 1. The number of hydrogen-bond acceptors (Lipinski definition) is 4. The normalized spacial score (nSPS) is 10.6. The predicted octanol–water partition coefficient (Wildman–Crippen LogP) is 4.71. The molecule has 3 aromatic rings. The van der Waals surface area contributed by atoms with Crippen LogP contribution < -0.4 is 10.1 Å². The van der Waals surface area contributed by atoms with E-state index in [0.717, 1.165) is 0 Å². The molecule has 2 aromatic carbocycles. The van der Waals surface area contributed by atoms with Crippen LogP contribution in [-0.4, -0.2) is 29.1 Å². The molecule has 5 nitrogen and oxygen atoms in total. The molecule has 1 amide bonds. The molecule has 0 spiro atoms. The largest absolute Gasteiger partial charge is 0.437 e. The van der Waals surface area contributed by atoms with Gasteiger partial charge in [0, 0.05) is 23.2 Å². The van der Waals surface area contributed by atoms with Crippen LogP contribution in [0.25, 0.3) is 11.3 Å². The molecule has 0 radical (unpaired) electrons. The van der Waals surface area contributed by atoms with Crippen molar-refractivity contribution in [3.05, 3.63) is 76.0 Å². The molecule has 144 valence electrons. The van der Waals surface area contributed by atoms with Crippen LogP contribution in [0.15, 0.2) is 54.6 Å². The molecular weight excluding hydrogens is 406 g/mol. The van der Waals surface area contributed by atoms with E-state index in [1.54, 1.807) is 36.4 Å². The number of pyridine rings is 1. The fourth-order valence-electron chi connectivity index (χ4n) is 2.46. The zero-order valence-corrected chi connectivity index (χ0v) is 16.0. The molecule has 0 unspecified atom stereocenters. The van der Waals surface area contributed by atoms with Crippen LogP contribution in [0.5, 0.6) is 11.6 Å². The van der Waals surface area contributed by atoms with Gasteiger partial charge in [0.1, 0.15) is 11.6 Å². The second kappa shape index (κ2) is 9.01. The van der Waals surface area contributed by atoms with Gasteiger partial charge in [-0.2, -0.15) is 0 Å². The van der Waals surface area contributed by atoms with Gasteiger partial charge in [0.15, 0.2) is 0 Å². The number of nitrogens with zero attached hydrogens (tertiary/aromatic N) is 1. The van der Waals surface area contributed by atoms with Crippen molar-refractivity contribution in [2.75, 3.05) is 13.2 Å². The lowest BCUT2D eigenvalue weighted by molar-refractivity contribution is 0.0941. The van der Waals surface area contributed by atoms with Crippen molar-refractivity contribution >= 4 is 29.1 Å². The maximum Gasteiger partial charge on any atom is 0.254 e. The van der Waals surface area contributed by atoms with Gasteiger partial charge in [-0.05, 0) is 36.4 Å². The van der Waals surface area contributed by atoms with Crippen LogP contribution in [0.3, 0.4) is 0 Å². The van der Waals surface area contributed by atoms with Crippen LogP contribution in [0.1, 0.15) is 10.4 Å². The van der Waals surface area contributed by atoms with Crippen molar-refractivity contribution in [1.82, 2.24) is 10.3 Å². The van der Waals surface area contributed by atoms with Crippen molar-refractivity contribution in [1.29, 1.82) is 0 Å². The molecule has 2 N–H and O–H groups in total. The Balaban J connectivity index is 1.91. The highest BCUT2D eigenvalue weighted by Crippen LogP contribution is 2.32. The number of rotatable bonds is 6. The van der Waals surface area contributed by atoms with E-state index < -0.39 is 11.7 Å². The Bertz CT molecular complexity index is 1010. The molecule has 0 fully saturated rings. The summed E-state index contributed by atoms with van der Waals surface area (Å²) in [7, 11) is 0. The third-order valence-electron chi connectivity index (χ3n) is 3.75. The fourth-order valence-corrected chi connectivity index (χ4v) is 2.91. The van der Waals surface area contributed by atoms with Gasteiger partial charge in [0.05, 0.1) is 22.9 Å². The summed E-state index contributed by atoms with van der Waals surface area (Å²) < 4.78 is 20.5. The minimum absolute atomic E-state index is 0.0337. The van der Waals surface area contributed by atoms with Crippen molar-refractivity contribution in [3.8, 4) is 22.9 Å². The summed E-state index contributed by atoms with van der Waals surface area (Å²) in [5.41, 5.74) is 0.293. The summed E-state index contributed by atoms with van der Waals surface area (Å²) in [6.45, 7) is -0.201. The zero-order chi connectivity index (χ0) is 20.1. The Kier molecular flexibility index (Phi) is 6.46. The van der Waals surface area contributed by atoms with Crippen molar-refractivity contribution in [2.24, 2.45) is 0 Å². The van der Waals surface area contributed by atoms with E-state index in [2.05, 4.69) is 10.3 Å². The van der Waals surface area contributed by atoms with E-state index in [0.29, 0.717) is 15.8 Å². The first kappa shape index (κ1) is 20.1. The molecular formula is C20H15Cl2FN2O3. The second-order valence-corrected chi connectivity index (χ2v) is 6.53. The number of halogens is 3. The SMILES string of the molecule is O=C(NCCO)c1cccc(-c2cccc(Oc3ccc(Cl)cc3Cl)n2)c1F. The Morgan fingerprint density at radius 3 is 2.68 bits per heavy atom. The summed E-state index contributed by atoms with van der Waals surface area (Å²) in [5.74, 6) is -0.773. The fraction of sp³-hybridized carbons (Fsp3) is 0.100. The standard InChI is InChI=1S/C20H15Cl2FN2O3/c21-12-7-8-17(15(22)11-12)28-18-6-2-5-16(25-18)13-3-1-4-14(19(13)23)20(27)24-9-10-26/h1-8,11,26H,9-10H2,(H,24,27). The monoisotopic (exact) mass is 420 g/mol. The maximum absolute atomic E-state index is 14.9. The number of ether oxygens (including phenoxy) is 1. The zero-order valence-electron chi connectivity index (χ0n) is 14.5. The predicted molar refractivity (Wildman–Crippen MR) is 106 cm³/mol. The quantitative estimate of drug-likeness (QED) is 0.605. The van der Waals surface area contributed by atoms with E-state index in [-0.39, 0.29) is 35.9 Å². The lowest BCUT2D eigenvalue weighted by Crippen LogP contribution is -2.27. The number of benzene rings is 2. The Morgan fingerprint density at radius 1 is 1.14 bits per heavy atom. The maximum atomic E-state index is 14.9. The molecule has 1 aromatic heterocycles. The molecule has 0 saturated heterocycles. The van der Waals surface area contributed by atoms with Gasteiger partial charge in [0.25, 0.3) is 5.91 Å². The lowest BCUT2D eigenvalue weighted by Gasteiger charge is -2.10. The van der Waals surface area contributed by atoms with Gasteiger partial charge >= 0.3 is 0 Å². The first-order valence-corrected chi connectivity index (χ1v) is 9.03. The average molecular weight is 421 g/mol. The summed E-state index contributed by atoms with van der Waals surface area (Å²) in [4.78, 5) is 16.3. The van der Waals surface area contributed by atoms with Gasteiger partial charge < -0.3 is 15.2 Å². The van der Waals surface area contributed by atoms with Gasteiger partial charge in [-0.25, -0.2) is 9.37 Å². The van der Waals surface area contributed by atoms with Gasteiger partial charge in [-0.15, -0.1) is 0 Å². The molecule has 8 heteroatoms. The topological polar surface area (TPSA) is 71.5 Å². The molecule has 3 rings (SSSR count). The minimum Gasteiger partial charge on any atom is -0.437 e. The van der Waals surface area contributed by atoms with Crippen molar-refractivity contribution in [2.45, 2.75) is 0 Å². The average Bonchev–Trinajstić information content (AvgIpc) is 2.68. The van der Waals surface area contributed by atoms with Crippen LogP contribution >= 0.6 is 23.2 Å². The second-order valence-electron chi connectivity index (χ2n) is 5.68. The highest BCUT2D eigenvalue weighted by molar-refractivity contribution is 6.35. The first-order chi connectivity index (χ1) is 13.5. The minimum atomic E-state index is -0.716. The number of aliphatic hydroxyl groups is 1. The van der Waals surface area contributed by atoms with Crippen LogP contribution in [-0.2, 0) is 0 Å². The van der Waals surface area contributed by atoms with Crippen LogP contribution in [0.2, 0.25) is 10.0 Å². The number of hydrogen-bond donors (Lipinski definition) is 2. The molecule has 1 heterocycles. The number of amides is 1. The lowest BCUT2D eigenvalue weighted by atomic mass is 10.1. The van der Waals surface area contributed by atoms with E-state index in [4.69, 9.17) is 33.0 Å². The molecule has 0 atom stereocenters. The molecule has 0 bridgehead atoms. The van der Waals surface area contributed by atoms with E-state index in [1.165, 1.54) is 18.2 Å².